The van der Waals surface area contributed by atoms with Crippen LogP contribution in [0.2, 0.25) is 0 Å². The summed E-state index contributed by atoms with van der Waals surface area (Å²) in [5, 5.41) is 8.48. The first-order valence-corrected chi connectivity index (χ1v) is 3.48. The lowest BCUT2D eigenvalue weighted by Crippen LogP contribution is -2.11. The van der Waals surface area contributed by atoms with Gasteiger partial charge < -0.3 is 4.98 Å². The van der Waals surface area contributed by atoms with Gasteiger partial charge in [0, 0.05) is 11.8 Å². The molecule has 0 saturated heterocycles. The molecule has 0 saturated carbocycles. The van der Waals surface area contributed by atoms with Crippen LogP contribution in [0.15, 0.2) is 10.9 Å². The highest BCUT2D eigenvalue weighted by Crippen LogP contribution is 2.23. The van der Waals surface area contributed by atoms with Crippen molar-refractivity contribution in [3.8, 4) is 6.07 Å². The van der Waals surface area contributed by atoms with Crippen LogP contribution in [0.3, 0.4) is 0 Å². The zero-order valence-corrected chi connectivity index (χ0v) is 6.77. The van der Waals surface area contributed by atoms with Gasteiger partial charge in [0.15, 0.2) is 0 Å². The van der Waals surface area contributed by atoms with Gasteiger partial charge in [-0.25, -0.2) is 8.78 Å². The maximum absolute atomic E-state index is 12.3. The molecule has 1 rings (SSSR count). The molecule has 0 spiro atoms. The van der Waals surface area contributed by atoms with E-state index in [4.69, 9.17) is 5.26 Å². The number of aromatic amines is 1. The van der Waals surface area contributed by atoms with Crippen molar-refractivity contribution in [1.82, 2.24) is 4.98 Å². The molecule has 0 unspecified atom stereocenters. The van der Waals surface area contributed by atoms with Crippen LogP contribution in [-0.2, 0) is 0 Å². The minimum absolute atomic E-state index is 0.0408. The standard InChI is InChI=1S/C8H6F2N2O/c1-4-7(8(9)10)5(3-11)2-6(13)12-4/h2,8H,1H3,(H,12,13). The van der Waals surface area contributed by atoms with Crippen LogP contribution in [0.4, 0.5) is 8.78 Å². The molecule has 1 aromatic heterocycles. The maximum atomic E-state index is 12.3. The summed E-state index contributed by atoms with van der Waals surface area (Å²) in [6.07, 6.45) is -2.74. The monoisotopic (exact) mass is 184 g/mol. The first kappa shape index (κ1) is 9.39. The summed E-state index contributed by atoms with van der Waals surface area (Å²) in [7, 11) is 0. The number of hydrogen-bond acceptors (Lipinski definition) is 2. The van der Waals surface area contributed by atoms with Crippen molar-refractivity contribution in [2.75, 3.05) is 0 Å². The number of aryl methyl sites for hydroxylation is 1. The fourth-order valence-electron chi connectivity index (χ4n) is 1.07. The van der Waals surface area contributed by atoms with Crippen molar-refractivity contribution in [1.29, 1.82) is 5.26 Å². The lowest BCUT2D eigenvalue weighted by atomic mass is 10.1. The number of nitrogens with one attached hydrogen (secondary N) is 1. The van der Waals surface area contributed by atoms with Crippen LogP contribution in [0.5, 0.6) is 0 Å². The van der Waals surface area contributed by atoms with Crippen LogP contribution in [0.25, 0.3) is 0 Å². The number of alkyl halides is 2. The molecule has 0 atom stereocenters. The largest absolute Gasteiger partial charge is 0.326 e. The molecule has 0 radical (unpaired) electrons. The number of nitriles is 1. The Labute approximate surface area is 72.6 Å². The highest BCUT2D eigenvalue weighted by molar-refractivity contribution is 5.39. The topological polar surface area (TPSA) is 56.6 Å². The summed E-state index contributed by atoms with van der Waals surface area (Å²) in [5.41, 5.74) is -1.17. The van der Waals surface area contributed by atoms with E-state index in [-0.39, 0.29) is 11.3 Å². The minimum atomic E-state index is -2.74. The third-order valence-corrected chi connectivity index (χ3v) is 1.62. The Morgan fingerprint density at radius 3 is 2.69 bits per heavy atom. The Kier molecular flexibility index (Phi) is 2.42. The SMILES string of the molecule is Cc1[nH]c(=O)cc(C#N)c1C(F)F. The first-order chi connectivity index (χ1) is 6.06. The van der Waals surface area contributed by atoms with E-state index in [9.17, 15) is 13.6 Å². The molecule has 0 aliphatic heterocycles. The fourth-order valence-corrected chi connectivity index (χ4v) is 1.07. The van der Waals surface area contributed by atoms with E-state index in [0.29, 0.717) is 0 Å². The normalized spacial score (nSPS) is 10.1. The minimum Gasteiger partial charge on any atom is -0.326 e. The van der Waals surface area contributed by atoms with E-state index < -0.39 is 17.5 Å². The lowest BCUT2D eigenvalue weighted by molar-refractivity contribution is 0.149. The average Bonchev–Trinajstić information content (AvgIpc) is 2.01. The van der Waals surface area contributed by atoms with Crippen LogP contribution >= 0.6 is 0 Å². The molecule has 0 aromatic carbocycles. The van der Waals surface area contributed by atoms with E-state index in [1.54, 1.807) is 6.07 Å². The van der Waals surface area contributed by atoms with Crippen molar-refractivity contribution in [2.24, 2.45) is 0 Å². The van der Waals surface area contributed by atoms with Gasteiger partial charge in [-0.3, -0.25) is 4.79 Å². The zero-order valence-electron chi connectivity index (χ0n) is 6.77. The van der Waals surface area contributed by atoms with Gasteiger partial charge in [-0.05, 0) is 6.92 Å². The third-order valence-electron chi connectivity index (χ3n) is 1.62. The van der Waals surface area contributed by atoms with Gasteiger partial charge in [0.1, 0.15) is 0 Å². The summed E-state index contributed by atoms with van der Waals surface area (Å²) < 4.78 is 24.7. The zero-order chi connectivity index (χ0) is 10.0. The van der Waals surface area contributed by atoms with Gasteiger partial charge in [0.25, 0.3) is 6.43 Å². The quantitative estimate of drug-likeness (QED) is 0.718. The number of aromatic nitrogens is 1. The van der Waals surface area contributed by atoms with E-state index in [2.05, 4.69) is 4.98 Å². The van der Waals surface area contributed by atoms with Gasteiger partial charge in [-0.1, -0.05) is 0 Å². The molecule has 68 valence electrons. The maximum Gasteiger partial charge on any atom is 0.266 e. The first-order valence-electron chi connectivity index (χ1n) is 3.48. The smallest absolute Gasteiger partial charge is 0.266 e. The van der Waals surface area contributed by atoms with Gasteiger partial charge >= 0.3 is 0 Å². The van der Waals surface area contributed by atoms with Gasteiger partial charge in [0.05, 0.1) is 17.2 Å². The Balaban J connectivity index is 3.50. The predicted molar refractivity (Wildman–Crippen MR) is 41.5 cm³/mol. The Bertz CT molecular complexity index is 417. The Morgan fingerprint density at radius 2 is 2.23 bits per heavy atom. The molecule has 0 fully saturated rings. The Hall–Kier alpha value is -1.70. The third kappa shape index (κ3) is 1.72. The molecule has 3 nitrogen and oxygen atoms in total. The summed E-state index contributed by atoms with van der Waals surface area (Å²) in [4.78, 5) is 13.0. The van der Waals surface area contributed by atoms with E-state index in [1.165, 1.54) is 6.92 Å². The van der Waals surface area contributed by atoms with Crippen molar-refractivity contribution >= 4 is 0 Å². The number of halogens is 2. The molecule has 1 aromatic rings. The molecule has 0 aliphatic carbocycles. The van der Waals surface area contributed by atoms with E-state index >= 15 is 0 Å². The fraction of sp³-hybridized carbons (Fsp3) is 0.250. The second kappa shape index (κ2) is 3.35. The van der Waals surface area contributed by atoms with Gasteiger partial charge in [-0.15, -0.1) is 0 Å². The summed E-state index contributed by atoms with van der Waals surface area (Å²) in [6.45, 7) is 1.34. The van der Waals surface area contributed by atoms with Crippen molar-refractivity contribution in [3.63, 3.8) is 0 Å². The van der Waals surface area contributed by atoms with Gasteiger partial charge in [-0.2, -0.15) is 5.26 Å². The van der Waals surface area contributed by atoms with Crippen LogP contribution in [0, 0.1) is 18.3 Å². The molecule has 0 aliphatic rings. The molecule has 5 heteroatoms. The molecular weight excluding hydrogens is 178 g/mol. The van der Waals surface area contributed by atoms with Crippen LogP contribution in [0.1, 0.15) is 23.2 Å². The number of rotatable bonds is 1. The number of nitrogens with zero attached hydrogens (tertiary/aromatic N) is 1. The van der Waals surface area contributed by atoms with E-state index in [0.717, 1.165) is 6.07 Å². The second-order valence-electron chi connectivity index (χ2n) is 2.50. The average molecular weight is 184 g/mol. The molecule has 1 heterocycles. The predicted octanol–water partition coefficient (Wildman–Crippen LogP) is 1.49. The number of hydrogen-bond donors (Lipinski definition) is 1. The van der Waals surface area contributed by atoms with E-state index in [1.807, 2.05) is 0 Å². The van der Waals surface area contributed by atoms with Crippen LogP contribution in [-0.4, -0.2) is 4.98 Å². The highest BCUT2D eigenvalue weighted by atomic mass is 19.3. The number of pyridine rings is 1. The van der Waals surface area contributed by atoms with Crippen molar-refractivity contribution in [3.05, 3.63) is 33.2 Å². The molecule has 0 bridgehead atoms. The molecule has 0 amide bonds. The molecule has 1 N–H and O–H groups in total. The molecule has 13 heavy (non-hydrogen) atoms. The summed E-state index contributed by atoms with van der Waals surface area (Å²) in [6, 6.07) is 2.43. The molecular formula is C8H6F2N2O. The van der Waals surface area contributed by atoms with Gasteiger partial charge in [0.2, 0.25) is 5.56 Å². The van der Waals surface area contributed by atoms with Crippen molar-refractivity contribution < 1.29 is 8.78 Å². The van der Waals surface area contributed by atoms with Crippen molar-refractivity contribution in [2.45, 2.75) is 13.3 Å². The highest BCUT2D eigenvalue weighted by Gasteiger charge is 2.16. The van der Waals surface area contributed by atoms with Crippen LogP contribution < -0.4 is 5.56 Å². The Morgan fingerprint density at radius 1 is 1.62 bits per heavy atom. The summed E-state index contributed by atoms with van der Waals surface area (Å²) in [5.74, 6) is 0. The number of H-pyrrole nitrogens is 1. The second-order valence-corrected chi connectivity index (χ2v) is 2.50. The lowest BCUT2D eigenvalue weighted by Gasteiger charge is -2.04. The summed E-state index contributed by atoms with van der Waals surface area (Å²) >= 11 is 0.